The molecule has 0 saturated carbocycles. The maximum absolute atomic E-state index is 13.0. The molecule has 1 aromatic rings. The number of hydrogen-bond acceptors (Lipinski definition) is 4. The van der Waals surface area contributed by atoms with Crippen molar-refractivity contribution in [1.29, 1.82) is 0 Å². The molecule has 0 aliphatic carbocycles. The Morgan fingerprint density at radius 2 is 1.71 bits per heavy atom. The van der Waals surface area contributed by atoms with Gasteiger partial charge in [-0.25, -0.2) is 9.18 Å². The summed E-state index contributed by atoms with van der Waals surface area (Å²) in [5, 5.41) is 5.22. The summed E-state index contributed by atoms with van der Waals surface area (Å²) in [6.07, 6.45) is 0.912. The van der Waals surface area contributed by atoms with Crippen LogP contribution in [-0.2, 0) is 9.53 Å². The fourth-order valence-corrected chi connectivity index (χ4v) is 2.90. The first-order valence-electron chi connectivity index (χ1n) is 9.42. The molecule has 1 aromatic carbocycles. The molecule has 154 valence electrons. The summed E-state index contributed by atoms with van der Waals surface area (Å²) in [5.41, 5.74) is -0.138. The second-order valence-electron chi connectivity index (χ2n) is 7.90. The molecule has 0 unspecified atom stereocenters. The summed E-state index contributed by atoms with van der Waals surface area (Å²) >= 11 is 0. The Labute approximate surface area is 164 Å². The van der Waals surface area contributed by atoms with Crippen LogP contribution in [0.15, 0.2) is 24.3 Å². The Bertz CT molecular complexity index is 692. The van der Waals surface area contributed by atoms with Crippen LogP contribution in [0.3, 0.4) is 0 Å². The largest absolute Gasteiger partial charge is 0.444 e. The second-order valence-corrected chi connectivity index (χ2v) is 7.90. The molecule has 1 fully saturated rings. The van der Waals surface area contributed by atoms with E-state index >= 15 is 0 Å². The number of likely N-dealkylation sites (tertiary alicyclic amines) is 1. The van der Waals surface area contributed by atoms with Gasteiger partial charge in [0.05, 0.1) is 6.54 Å². The summed E-state index contributed by atoms with van der Waals surface area (Å²) in [5.74, 6) is -0.491. The Morgan fingerprint density at radius 3 is 2.29 bits per heavy atom. The average Bonchev–Trinajstić information content (AvgIpc) is 2.64. The minimum atomic E-state index is -0.629. The zero-order valence-corrected chi connectivity index (χ0v) is 16.6. The molecular formula is C20H28FN3O4. The van der Waals surface area contributed by atoms with E-state index in [1.165, 1.54) is 24.3 Å². The quantitative estimate of drug-likeness (QED) is 0.804. The number of carbonyl (C=O) groups excluding carboxylic acids is 3. The lowest BCUT2D eigenvalue weighted by Gasteiger charge is -2.32. The topological polar surface area (TPSA) is 87.7 Å². The molecule has 7 nitrogen and oxygen atoms in total. The molecular weight excluding hydrogens is 365 g/mol. The van der Waals surface area contributed by atoms with Gasteiger partial charge in [0, 0.05) is 25.2 Å². The predicted molar refractivity (Wildman–Crippen MR) is 102 cm³/mol. The molecule has 0 radical (unpaired) electrons. The average molecular weight is 393 g/mol. The van der Waals surface area contributed by atoms with Crippen LogP contribution in [0.4, 0.5) is 9.18 Å². The van der Waals surface area contributed by atoms with E-state index in [1.54, 1.807) is 25.7 Å². The van der Waals surface area contributed by atoms with E-state index in [4.69, 9.17) is 4.74 Å². The second kappa shape index (κ2) is 9.52. The number of nitrogens with zero attached hydrogens (tertiary/aromatic N) is 1. The molecule has 1 aliphatic rings. The molecule has 1 saturated heterocycles. The monoisotopic (exact) mass is 393 g/mol. The Balaban J connectivity index is 1.67. The van der Waals surface area contributed by atoms with Gasteiger partial charge >= 0.3 is 6.09 Å². The highest BCUT2D eigenvalue weighted by Crippen LogP contribution is 2.18. The highest BCUT2D eigenvalue weighted by molar-refractivity contribution is 5.94. The molecule has 2 N–H and O–H groups in total. The first-order valence-corrected chi connectivity index (χ1v) is 9.42. The van der Waals surface area contributed by atoms with E-state index in [0.29, 0.717) is 25.2 Å². The van der Waals surface area contributed by atoms with Crippen LogP contribution in [0.5, 0.6) is 0 Å². The number of rotatable bonds is 5. The van der Waals surface area contributed by atoms with Gasteiger partial charge in [0.2, 0.25) is 5.91 Å². The van der Waals surface area contributed by atoms with Crippen LogP contribution in [-0.4, -0.2) is 54.6 Å². The van der Waals surface area contributed by atoms with E-state index < -0.39 is 11.7 Å². The number of hydrogen-bond donors (Lipinski definition) is 2. The smallest absolute Gasteiger partial charge is 0.408 e. The summed E-state index contributed by atoms with van der Waals surface area (Å²) < 4.78 is 18.0. The van der Waals surface area contributed by atoms with Crippen LogP contribution < -0.4 is 10.6 Å². The summed E-state index contributed by atoms with van der Waals surface area (Å²) in [6.45, 7) is 6.78. The summed E-state index contributed by atoms with van der Waals surface area (Å²) in [7, 11) is 0. The van der Waals surface area contributed by atoms with Crippen LogP contribution >= 0.6 is 0 Å². The Kier molecular flexibility index (Phi) is 7.37. The van der Waals surface area contributed by atoms with Gasteiger partial charge in [0.1, 0.15) is 11.4 Å². The molecule has 1 heterocycles. The van der Waals surface area contributed by atoms with Gasteiger partial charge in [-0.15, -0.1) is 0 Å². The fraction of sp³-hybridized carbons (Fsp3) is 0.550. The minimum Gasteiger partial charge on any atom is -0.444 e. The highest BCUT2D eigenvalue weighted by Gasteiger charge is 2.24. The Morgan fingerprint density at radius 1 is 1.11 bits per heavy atom. The maximum atomic E-state index is 13.0. The standard InChI is InChI=1S/C20H28FN3O4/c1-20(2,3)28-19(27)23-13-17(25)22-12-14-8-10-24(11-9-14)18(26)15-4-6-16(21)7-5-15/h4-7,14H,8-13H2,1-3H3,(H,22,25)(H,23,27). The van der Waals surface area contributed by atoms with Crippen molar-refractivity contribution in [3.8, 4) is 0 Å². The zero-order valence-electron chi connectivity index (χ0n) is 16.6. The summed E-state index contributed by atoms with van der Waals surface area (Å²) in [4.78, 5) is 37.6. The van der Waals surface area contributed by atoms with Crippen LogP contribution in [0.25, 0.3) is 0 Å². The predicted octanol–water partition coefficient (Wildman–Crippen LogP) is 2.32. The number of nitrogens with one attached hydrogen (secondary N) is 2. The number of alkyl carbamates (subject to hydrolysis) is 1. The van der Waals surface area contributed by atoms with Crippen molar-refractivity contribution in [1.82, 2.24) is 15.5 Å². The highest BCUT2D eigenvalue weighted by atomic mass is 19.1. The van der Waals surface area contributed by atoms with Crippen molar-refractivity contribution in [2.24, 2.45) is 5.92 Å². The number of piperidine rings is 1. The van der Waals surface area contributed by atoms with Gasteiger partial charge in [-0.2, -0.15) is 0 Å². The normalized spacial score (nSPS) is 15.1. The third kappa shape index (κ3) is 7.17. The van der Waals surface area contributed by atoms with E-state index in [9.17, 15) is 18.8 Å². The number of benzene rings is 1. The number of ether oxygens (including phenoxy) is 1. The van der Waals surface area contributed by atoms with E-state index in [1.807, 2.05) is 0 Å². The van der Waals surface area contributed by atoms with Crippen LogP contribution in [0.2, 0.25) is 0 Å². The lowest BCUT2D eigenvalue weighted by Crippen LogP contribution is -2.44. The first kappa shape index (κ1) is 21.7. The minimum absolute atomic E-state index is 0.107. The molecule has 28 heavy (non-hydrogen) atoms. The molecule has 8 heteroatoms. The third-order valence-electron chi connectivity index (χ3n) is 4.37. The van der Waals surface area contributed by atoms with Crippen molar-refractivity contribution < 1.29 is 23.5 Å². The van der Waals surface area contributed by atoms with E-state index in [0.717, 1.165) is 12.8 Å². The van der Waals surface area contributed by atoms with Gasteiger partial charge in [0.15, 0.2) is 0 Å². The van der Waals surface area contributed by atoms with Crippen molar-refractivity contribution in [2.75, 3.05) is 26.2 Å². The first-order chi connectivity index (χ1) is 13.1. The van der Waals surface area contributed by atoms with Gasteiger partial charge in [-0.1, -0.05) is 0 Å². The van der Waals surface area contributed by atoms with E-state index in [2.05, 4.69) is 10.6 Å². The molecule has 3 amide bonds. The molecule has 1 aliphatic heterocycles. The molecule has 0 bridgehead atoms. The van der Waals surface area contributed by atoms with Gasteiger partial charge in [0.25, 0.3) is 5.91 Å². The molecule has 0 atom stereocenters. The van der Waals surface area contributed by atoms with Crippen molar-refractivity contribution in [3.63, 3.8) is 0 Å². The van der Waals surface area contributed by atoms with E-state index in [-0.39, 0.29) is 30.1 Å². The lowest BCUT2D eigenvalue weighted by molar-refractivity contribution is -0.120. The third-order valence-corrected chi connectivity index (χ3v) is 4.37. The van der Waals surface area contributed by atoms with Crippen molar-refractivity contribution >= 4 is 17.9 Å². The van der Waals surface area contributed by atoms with Gasteiger partial charge in [-0.3, -0.25) is 9.59 Å². The summed E-state index contributed by atoms with van der Waals surface area (Å²) in [6, 6.07) is 5.53. The lowest BCUT2D eigenvalue weighted by atomic mass is 9.96. The number of halogens is 1. The molecule has 0 spiro atoms. The molecule has 0 aromatic heterocycles. The van der Waals surface area contributed by atoms with Crippen molar-refractivity contribution in [2.45, 2.75) is 39.2 Å². The SMILES string of the molecule is CC(C)(C)OC(=O)NCC(=O)NCC1CCN(C(=O)c2ccc(F)cc2)CC1. The van der Waals surface area contributed by atoms with Crippen LogP contribution in [0, 0.1) is 11.7 Å². The zero-order chi connectivity index (χ0) is 20.7. The number of amides is 3. The fourth-order valence-electron chi connectivity index (χ4n) is 2.90. The van der Waals surface area contributed by atoms with Gasteiger partial charge < -0.3 is 20.3 Å². The number of carbonyl (C=O) groups is 3. The Hall–Kier alpha value is -2.64. The van der Waals surface area contributed by atoms with Crippen LogP contribution in [0.1, 0.15) is 44.0 Å². The van der Waals surface area contributed by atoms with Gasteiger partial charge in [-0.05, 0) is 63.8 Å². The molecule has 2 rings (SSSR count). The van der Waals surface area contributed by atoms with Crippen molar-refractivity contribution in [3.05, 3.63) is 35.6 Å². The maximum Gasteiger partial charge on any atom is 0.408 e.